The number of hydrogen-bond donors (Lipinski definition) is 2. The Morgan fingerprint density at radius 1 is 1.38 bits per heavy atom. The lowest BCUT2D eigenvalue weighted by molar-refractivity contribution is 0.0180. The van der Waals surface area contributed by atoms with Crippen molar-refractivity contribution in [3.8, 4) is 0 Å². The number of amides is 1. The van der Waals surface area contributed by atoms with Gasteiger partial charge in [0, 0.05) is 19.1 Å². The maximum absolute atomic E-state index is 12.0. The van der Waals surface area contributed by atoms with Crippen LogP contribution in [0.4, 0.5) is 4.79 Å². The topological polar surface area (TPSA) is 61.8 Å². The van der Waals surface area contributed by atoms with E-state index in [-0.39, 0.29) is 18.7 Å². The summed E-state index contributed by atoms with van der Waals surface area (Å²) in [5.41, 5.74) is -0.414. The van der Waals surface area contributed by atoms with Gasteiger partial charge < -0.3 is 20.1 Å². The molecule has 1 atom stereocenters. The molecular formula is C16H32N2O3. The Kier molecular flexibility index (Phi) is 7.46. The fourth-order valence-electron chi connectivity index (χ4n) is 2.53. The van der Waals surface area contributed by atoms with Gasteiger partial charge in [0.1, 0.15) is 5.60 Å². The van der Waals surface area contributed by atoms with Crippen molar-refractivity contribution in [1.82, 2.24) is 10.2 Å². The zero-order valence-corrected chi connectivity index (χ0v) is 14.0. The average molecular weight is 300 g/mol. The van der Waals surface area contributed by atoms with Crippen LogP contribution < -0.4 is 5.32 Å². The van der Waals surface area contributed by atoms with E-state index in [1.54, 1.807) is 0 Å². The van der Waals surface area contributed by atoms with Gasteiger partial charge in [-0.05, 0) is 65.8 Å². The molecule has 0 unspecified atom stereocenters. The third kappa shape index (κ3) is 7.67. The predicted molar refractivity (Wildman–Crippen MR) is 84.3 cm³/mol. The maximum atomic E-state index is 12.0. The van der Waals surface area contributed by atoms with Crippen molar-refractivity contribution in [1.29, 1.82) is 0 Å². The van der Waals surface area contributed by atoms with Crippen molar-refractivity contribution in [3.63, 3.8) is 0 Å². The first-order chi connectivity index (χ1) is 9.81. The van der Waals surface area contributed by atoms with Crippen molar-refractivity contribution < 1.29 is 14.6 Å². The molecule has 21 heavy (non-hydrogen) atoms. The van der Waals surface area contributed by atoms with E-state index in [0.29, 0.717) is 5.92 Å². The van der Waals surface area contributed by atoms with E-state index in [1.807, 2.05) is 32.6 Å². The Morgan fingerprint density at radius 3 is 2.52 bits per heavy atom. The number of nitrogens with zero attached hydrogens (tertiary/aromatic N) is 1. The number of carbonyl (C=O) groups is 1. The van der Waals surface area contributed by atoms with Crippen LogP contribution in [0.1, 0.15) is 53.4 Å². The molecule has 0 bridgehead atoms. The van der Waals surface area contributed by atoms with E-state index in [1.165, 1.54) is 6.42 Å². The molecule has 5 nitrogen and oxygen atoms in total. The molecule has 124 valence electrons. The normalized spacial score (nSPS) is 18.6. The summed E-state index contributed by atoms with van der Waals surface area (Å²) in [7, 11) is 0. The number of likely N-dealkylation sites (tertiary alicyclic amines) is 1. The van der Waals surface area contributed by atoms with E-state index in [0.717, 1.165) is 38.9 Å². The molecule has 5 heteroatoms. The first-order valence-corrected chi connectivity index (χ1v) is 8.14. The van der Waals surface area contributed by atoms with Crippen molar-refractivity contribution in [3.05, 3.63) is 0 Å². The average Bonchev–Trinajstić information content (AvgIpc) is 2.42. The molecule has 2 N–H and O–H groups in total. The van der Waals surface area contributed by atoms with E-state index in [9.17, 15) is 4.79 Å². The van der Waals surface area contributed by atoms with Gasteiger partial charge in [0.2, 0.25) is 0 Å². The van der Waals surface area contributed by atoms with Gasteiger partial charge in [0.05, 0.1) is 6.61 Å². The number of aliphatic hydroxyl groups is 1. The number of ether oxygens (including phenoxy) is 1. The zero-order valence-electron chi connectivity index (χ0n) is 14.0. The number of piperidine rings is 1. The largest absolute Gasteiger partial charge is 0.444 e. The summed E-state index contributed by atoms with van der Waals surface area (Å²) in [6.45, 7) is 10.4. The third-order valence-corrected chi connectivity index (χ3v) is 3.82. The van der Waals surface area contributed by atoms with Crippen LogP contribution >= 0.6 is 0 Å². The molecule has 0 aromatic carbocycles. The van der Waals surface area contributed by atoms with Crippen LogP contribution in [0.2, 0.25) is 0 Å². The highest BCUT2D eigenvalue weighted by Gasteiger charge is 2.26. The lowest BCUT2D eigenvalue weighted by Crippen LogP contribution is -2.41. The minimum Gasteiger partial charge on any atom is -0.444 e. The van der Waals surface area contributed by atoms with Gasteiger partial charge in [-0.1, -0.05) is 0 Å². The van der Waals surface area contributed by atoms with Gasteiger partial charge in [-0.2, -0.15) is 0 Å². The smallest absolute Gasteiger partial charge is 0.410 e. The van der Waals surface area contributed by atoms with Crippen molar-refractivity contribution in [2.45, 2.75) is 65.0 Å². The van der Waals surface area contributed by atoms with Crippen molar-refractivity contribution >= 4 is 6.09 Å². The van der Waals surface area contributed by atoms with Crippen LogP contribution in [-0.4, -0.2) is 54.0 Å². The third-order valence-electron chi connectivity index (χ3n) is 3.82. The lowest BCUT2D eigenvalue weighted by atomic mass is 9.92. The molecule has 0 saturated carbocycles. The summed E-state index contributed by atoms with van der Waals surface area (Å²) in [5, 5.41) is 12.2. The molecule has 1 fully saturated rings. The zero-order chi connectivity index (χ0) is 15.9. The summed E-state index contributed by atoms with van der Waals surface area (Å²) < 4.78 is 5.40. The second kappa shape index (κ2) is 8.59. The Hall–Kier alpha value is -0.810. The number of hydrogen-bond acceptors (Lipinski definition) is 4. The molecule has 0 spiro atoms. The molecule has 0 aliphatic carbocycles. The Balaban J connectivity index is 2.16. The van der Waals surface area contributed by atoms with E-state index >= 15 is 0 Å². The minimum atomic E-state index is -0.414. The number of nitrogens with one attached hydrogen (secondary N) is 1. The molecule has 1 aliphatic heterocycles. The fraction of sp³-hybridized carbons (Fsp3) is 0.938. The molecule has 0 radical (unpaired) electrons. The predicted octanol–water partition coefficient (Wildman–Crippen LogP) is 2.38. The fourth-order valence-corrected chi connectivity index (χ4v) is 2.53. The number of rotatable bonds is 6. The van der Waals surface area contributed by atoms with Crippen LogP contribution in [0.15, 0.2) is 0 Å². The summed E-state index contributed by atoms with van der Waals surface area (Å²) in [6.07, 6.45) is 4.26. The van der Waals surface area contributed by atoms with Crippen LogP contribution in [-0.2, 0) is 4.74 Å². The second-order valence-corrected chi connectivity index (χ2v) is 7.09. The first-order valence-electron chi connectivity index (χ1n) is 8.14. The van der Waals surface area contributed by atoms with Gasteiger partial charge in [-0.25, -0.2) is 4.79 Å². The summed E-state index contributed by atoms with van der Waals surface area (Å²) >= 11 is 0. The molecule has 1 saturated heterocycles. The Labute approximate surface area is 129 Å². The van der Waals surface area contributed by atoms with Gasteiger partial charge in [-0.15, -0.1) is 0 Å². The van der Waals surface area contributed by atoms with Crippen LogP contribution in [0.25, 0.3) is 0 Å². The highest BCUT2D eigenvalue weighted by atomic mass is 16.6. The number of aliphatic hydroxyl groups excluding tert-OH is 1. The highest BCUT2D eigenvalue weighted by molar-refractivity contribution is 5.68. The van der Waals surface area contributed by atoms with Crippen molar-refractivity contribution in [2.24, 2.45) is 5.92 Å². The van der Waals surface area contributed by atoms with Gasteiger partial charge in [-0.3, -0.25) is 0 Å². The van der Waals surface area contributed by atoms with Gasteiger partial charge in [0.15, 0.2) is 0 Å². The molecule has 1 amide bonds. The first kappa shape index (κ1) is 18.2. The summed E-state index contributed by atoms with van der Waals surface area (Å²) in [6, 6.07) is 0.180. The van der Waals surface area contributed by atoms with Crippen LogP contribution in [0.5, 0.6) is 0 Å². The van der Waals surface area contributed by atoms with Crippen LogP contribution in [0, 0.1) is 5.92 Å². The highest BCUT2D eigenvalue weighted by Crippen LogP contribution is 2.23. The second-order valence-electron chi connectivity index (χ2n) is 7.09. The number of carbonyl (C=O) groups excluding carboxylic acids is 1. The molecule has 1 heterocycles. The van der Waals surface area contributed by atoms with E-state index in [4.69, 9.17) is 9.84 Å². The van der Waals surface area contributed by atoms with Crippen LogP contribution in [0.3, 0.4) is 0 Å². The maximum Gasteiger partial charge on any atom is 0.410 e. The quantitative estimate of drug-likeness (QED) is 0.739. The van der Waals surface area contributed by atoms with Crippen molar-refractivity contribution in [2.75, 3.05) is 26.2 Å². The summed E-state index contributed by atoms with van der Waals surface area (Å²) in [5.74, 6) is 0.704. The summed E-state index contributed by atoms with van der Waals surface area (Å²) in [4.78, 5) is 13.8. The molecule has 1 aliphatic rings. The molecule has 0 aromatic heterocycles. The van der Waals surface area contributed by atoms with E-state index in [2.05, 4.69) is 5.32 Å². The van der Waals surface area contributed by atoms with Gasteiger partial charge >= 0.3 is 6.09 Å². The molecular weight excluding hydrogens is 268 g/mol. The SMILES string of the molecule is C[C@H](CO)NCCCC1CCN(C(=O)OC(C)(C)C)CC1. The lowest BCUT2D eigenvalue weighted by Gasteiger charge is -2.33. The molecule has 1 rings (SSSR count). The minimum absolute atomic E-state index is 0.180. The van der Waals surface area contributed by atoms with E-state index < -0.39 is 5.60 Å². The Morgan fingerprint density at radius 2 is 2.00 bits per heavy atom. The Bertz CT molecular complexity index is 307. The van der Waals surface area contributed by atoms with Gasteiger partial charge in [0.25, 0.3) is 0 Å². The monoisotopic (exact) mass is 300 g/mol. The molecule has 0 aromatic rings. The standard InChI is InChI=1S/C16H32N2O3/c1-13(12-19)17-9-5-6-14-7-10-18(11-8-14)15(20)21-16(2,3)4/h13-14,17,19H,5-12H2,1-4H3/t13-/m1/s1.